The third-order valence-electron chi connectivity index (χ3n) is 2.48. The third kappa shape index (κ3) is 3.81. The first kappa shape index (κ1) is 13.6. The van der Waals surface area contributed by atoms with Crippen LogP contribution in [0.5, 0.6) is 0 Å². The molecule has 0 aliphatic heterocycles. The van der Waals surface area contributed by atoms with Crippen molar-refractivity contribution in [2.45, 2.75) is 20.3 Å². The highest BCUT2D eigenvalue weighted by molar-refractivity contribution is 5.44. The topological polar surface area (TPSA) is 71.2 Å². The Bertz CT molecular complexity index is 397. The van der Waals surface area contributed by atoms with Crippen LogP contribution in [0.15, 0.2) is 6.07 Å². The normalized spacial score (nSPS) is 11.6. The van der Waals surface area contributed by atoms with Crippen LogP contribution in [0.1, 0.15) is 20.3 Å². The van der Waals surface area contributed by atoms with E-state index < -0.39 is 11.6 Å². The zero-order valence-corrected chi connectivity index (χ0v) is 9.93. The van der Waals surface area contributed by atoms with E-state index in [1.165, 1.54) is 0 Å². The van der Waals surface area contributed by atoms with Gasteiger partial charge in [-0.05, 0) is 11.8 Å². The molecule has 0 aliphatic carbocycles. The van der Waals surface area contributed by atoms with Gasteiger partial charge in [-0.3, -0.25) is 0 Å². The van der Waals surface area contributed by atoms with E-state index in [2.05, 4.69) is 10.3 Å². The maximum atomic E-state index is 13.3. The number of nitrogens with zero attached hydrogens (tertiary/aromatic N) is 1. The summed E-state index contributed by atoms with van der Waals surface area (Å²) in [6, 6.07) is 0.698. The van der Waals surface area contributed by atoms with Crippen LogP contribution in [0.25, 0.3) is 0 Å². The molecule has 1 aromatic rings. The Balaban J connectivity index is 2.73. The van der Waals surface area contributed by atoms with Gasteiger partial charge in [0, 0.05) is 19.2 Å². The lowest BCUT2D eigenvalue weighted by Gasteiger charge is -2.24. The summed E-state index contributed by atoms with van der Waals surface area (Å²) >= 11 is 0. The van der Waals surface area contributed by atoms with Gasteiger partial charge in [0.2, 0.25) is 0 Å². The van der Waals surface area contributed by atoms with Crippen LogP contribution in [0.2, 0.25) is 0 Å². The monoisotopic (exact) mass is 245 g/mol. The van der Waals surface area contributed by atoms with Crippen LogP contribution in [-0.2, 0) is 0 Å². The zero-order chi connectivity index (χ0) is 13.1. The minimum Gasteiger partial charge on any atom is -0.396 e. The number of hydrogen-bond acceptors (Lipinski definition) is 4. The Kier molecular flexibility index (Phi) is 4.22. The van der Waals surface area contributed by atoms with E-state index in [9.17, 15) is 8.78 Å². The Morgan fingerprint density at radius 3 is 2.65 bits per heavy atom. The molecule has 4 N–H and O–H groups in total. The van der Waals surface area contributed by atoms with E-state index >= 15 is 0 Å². The van der Waals surface area contributed by atoms with Crippen molar-refractivity contribution in [2.75, 3.05) is 24.2 Å². The molecule has 0 radical (unpaired) electrons. The van der Waals surface area contributed by atoms with Gasteiger partial charge in [0.05, 0.1) is 0 Å². The SMILES string of the molecule is CC(C)(CCO)CNc1nc(N)c(F)cc1F. The summed E-state index contributed by atoms with van der Waals surface area (Å²) in [4.78, 5) is 3.59. The Hall–Kier alpha value is -1.43. The Morgan fingerprint density at radius 1 is 1.41 bits per heavy atom. The minimum absolute atomic E-state index is 0.0517. The summed E-state index contributed by atoms with van der Waals surface area (Å²) in [5.74, 6) is -2.07. The molecule has 1 rings (SSSR count). The van der Waals surface area contributed by atoms with Gasteiger partial charge in [-0.1, -0.05) is 13.8 Å². The first-order chi connectivity index (χ1) is 7.85. The molecule has 0 aromatic carbocycles. The lowest BCUT2D eigenvalue weighted by Crippen LogP contribution is -2.25. The van der Waals surface area contributed by atoms with Gasteiger partial charge in [0.1, 0.15) is 0 Å². The Morgan fingerprint density at radius 2 is 2.06 bits per heavy atom. The summed E-state index contributed by atoms with van der Waals surface area (Å²) in [6.45, 7) is 4.29. The number of aliphatic hydroxyl groups is 1. The molecule has 96 valence electrons. The molecular formula is C11H17F2N3O. The average Bonchev–Trinajstić information content (AvgIpc) is 2.21. The fourth-order valence-electron chi connectivity index (χ4n) is 1.32. The van der Waals surface area contributed by atoms with Gasteiger partial charge in [0.25, 0.3) is 0 Å². The number of nitrogen functional groups attached to an aromatic ring is 1. The average molecular weight is 245 g/mol. The molecule has 0 atom stereocenters. The van der Waals surface area contributed by atoms with Crippen molar-refractivity contribution in [2.24, 2.45) is 5.41 Å². The van der Waals surface area contributed by atoms with Crippen LogP contribution in [0.3, 0.4) is 0 Å². The zero-order valence-electron chi connectivity index (χ0n) is 9.93. The first-order valence-corrected chi connectivity index (χ1v) is 5.32. The van der Waals surface area contributed by atoms with Crippen molar-refractivity contribution in [3.8, 4) is 0 Å². The number of pyridine rings is 1. The molecule has 0 aliphatic rings. The maximum Gasteiger partial charge on any atom is 0.168 e. The fourth-order valence-corrected chi connectivity index (χ4v) is 1.32. The predicted octanol–water partition coefficient (Wildman–Crippen LogP) is 1.76. The fraction of sp³-hybridized carbons (Fsp3) is 0.545. The van der Waals surface area contributed by atoms with Gasteiger partial charge in [-0.2, -0.15) is 0 Å². The largest absolute Gasteiger partial charge is 0.396 e. The molecule has 1 aromatic heterocycles. The molecule has 4 nitrogen and oxygen atoms in total. The molecule has 0 unspecified atom stereocenters. The number of aliphatic hydroxyl groups excluding tert-OH is 1. The van der Waals surface area contributed by atoms with E-state index in [1.54, 1.807) is 0 Å². The van der Waals surface area contributed by atoms with E-state index in [4.69, 9.17) is 10.8 Å². The Labute approximate surface area is 98.9 Å². The van der Waals surface area contributed by atoms with Crippen molar-refractivity contribution in [3.05, 3.63) is 17.7 Å². The molecule has 0 fully saturated rings. The second kappa shape index (κ2) is 5.27. The number of nitrogens with one attached hydrogen (secondary N) is 1. The van der Waals surface area contributed by atoms with E-state index in [1.807, 2.05) is 13.8 Å². The van der Waals surface area contributed by atoms with Gasteiger partial charge in [0.15, 0.2) is 23.3 Å². The summed E-state index contributed by atoms with van der Waals surface area (Å²) in [5, 5.41) is 11.6. The molecule has 17 heavy (non-hydrogen) atoms. The predicted molar refractivity (Wildman–Crippen MR) is 62.5 cm³/mol. The molecule has 0 spiro atoms. The quantitative estimate of drug-likeness (QED) is 0.739. The maximum absolute atomic E-state index is 13.3. The van der Waals surface area contributed by atoms with Crippen molar-refractivity contribution in [3.63, 3.8) is 0 Å². The standard InChI is InChI=1S/C11H17F2N3O/c1-11(2,3-4-17)6-15-10-8(13)5-7(12)9(14)16-10/h5,17H,3-4,6H2,1-2H3,(H3,14,15,16). The summed E-state index contributed by atoms with van der Waals surface area (Å²) < 4.78 is 26.2. The number of halogens is 2. The van der Waals surface area contributed by atoms with Crippen LogP contribution in [0, 0.1) is 17.0 Å². The number of anilines is 2. The first-order valence-electron chi connectivity index (χ1n) is 5.32. The number of aromatic nitrogens is 1. The highest BCUT2D eigenvalue weighted by Crippen LogP contribution is 2.22. The molecule has 6 heteroatoms. The third-order valence-corrected chi connectivity index (χ3v) is 2.48. The lowest BCUT2D eigenvalue weighted by atomic mass is 9.90. The van der Waals surface area contributed by atoms with E-state index in [0.717, 1.165) is 0 Å². The van der Waals surface area contributed by atoms with Crippen molar-refractivity contribution >= 4 is 11.6 Å². The van der Waals surface area contributed by atoms with Crippen molar-refractivity contribution < 1.29 is 13.9 Å². The number of hydrogen-bond donors (Lipinski definition) is 3. The smallest absolute Gasteiger partial charge is 0.168 e. The molecular weight excluding hydrogens is 228 g/mol. The van der Waals surface area contributed by atoms with Crippen LogP contribution < -0.4 is 11.1 Å². The minimum atomic E-state index is -0.873. The van der Waals surface area contributed by atoms with Gasteiger partial charge >= 0.3 is 0 Å². The van der Waals surface area contributed by atoms with Crippen LogP contribution in [0.4, 0.5) is 20.4 Å². The molecule has 0 saturated carbocycles. The molecule has 0 saturated heterocycles. The number of nitrogens with two attached hydrogens (primary N) is 1. The van der Waals surface area contributed by atoms with Crippen molar-refractivity contribution in [1.29, 1.82) is 0 Å². The van der Waals surface area contributed by atoms with Crippen LogP contribution >= 0.6 is 0 Å². The second-order valence-electron chi connectivity index (χ2n) is 4.68. The second-order valence-corrected chi connectivity index (χ2v) is 4.68. The highest BCUT2D eigenvalue weighted by atomic mass is 19.1. The highest BCUT2D eigenvalue weighted by Gasteiger charge is 2.18. The van der Waals surface area contributed by atoms with Crippen molar-refractivity contribution in [1.82, 2.24) is 4.98 Å². The summed E-state index contributed by atoms with van der Waals surface area (Å²) in [6.07, 6.45) is 0.568. The number of rotatable bonds is 5. The van der Waals surface area contributed by atoms with Gasteiger partial charge in [-0.25, -0.2) is 13.8 Å². The van der Waals surface area contributed by atoms with Gasteiger partial charge < -0.3 is 16.2 Å². The summed E-state index contributed by atoms with van der Waals surface area (Å²) in [5.41, 5.74) is 5.04. The van der Waals surface area contributed by atoms with E-state index in [-0.39, 0.29) is 23.7 Å². The van der Waals surface area contributed by atoms with Crippen LogP contribution in [-0.4, -0.2) is 23.2 Å². The van der Waals surface area contributed by atoms with Gasteiger partial charge in [-0.15, -0.1) is 0 Å². The molecule has 0 amide bonds. The molecule has 1 heterocycles. The van der Waals surface area contributed by atoms with E-state index in [0.29, 0.717) is 19.0 Å². The summed E-state index contributed by atoms with van der Waals surface area (Å²) in [7, 11) is 0. The molecule has 0 bridgehead atoms. The lowest BCUT2D eigenvalue weighted by molar-refractivity contribution is 0.220.